The van der Waals surface area contributed by atoms with Crippen LogP contribution in [0.3, 0.4) is 0 Å². The van der Waals surface area contributed by atoms with E-state index in [0.29, 0.717) is 11.3 Å². The second-order valence-electron chi connectivity index (χ2n) is 4.60. The molecule has 0 aromatic carbocycles. The van der Waals surface area contributed by atoms with E-state index in [9.17, 15) is 19.5 Å². The van der Waals surface area contributed by atoms with Gasteiger partial charge in [0.2, 0.25) is 5.72 Å². The lowest BCUT2D eigenvalue weighted by Gasteiger charge is -2.54. The van der Waals surface area contributed by atoms with Crippen LogP contribution >= 0.6 is 11.8 Å². The van der Waals surface area contributed by atoms with Crippen LogP contribution in [0, 0.1) is 0 Å². The van der Waals surface area contributed by atoms with E-state index < -0.39 is 28.9 Å². The molecular weight excluding hydrogens is 300 g/mol. The number of carbonyl (C=O) groups is 3. The molecule has 1 unspecified atom stereocenters. The van der Waals surface area contributed by atoms with Crippen molar-refractivity contribution >= 4 is 29.6 Å². The van der Waals surface area contributed by atoms with Gasteiger partial charge in [-0.15, -0.1) is 11.8 Å². The lowest BCUT2D eigenvalue weighted by molar-refractivity contribution is -0.187. The Morgan fingerprint density at radius 3 is 2.76 bits per heavy atom. The Morgan fingerprint density at radius 1 is 1.57 bits per heavy atom. The molecule has 2 aliphatic rings. The Hall–Kier alpha value is -1.58. The molecule has 8 nitrogen and oxygen atoms in total. The monoisotopic (exact) mass is 316 g/mol. The molecule has 1 saturated heterocycles. The normalized spacial score (nSPS) is 28.0. The molecular formula is C12H16N2O6S. The molecule has 0 saturated carbocycles. The second-order valence-corrected chi connectivity index (χ2v) is 5.67. The van der Waals surface area contributed by atoms with E-state index in [1.54, 1.807) is 6.92 Å². The van der Waals surface area contributed by atoms with E-state index in [2.05, 4.69) is 0 Å². The standard InChI is InChI=1S/C12H16N2O6S/c1-3-20-12(13)10(18)14-8(9(16)17)7(4-19-6(2)15)5-21-11(12)14/h11H,3-5,13H2,1-2H3,(H,16,17)/t11-,12?/m1/s1. The number of carboxylic acid groups (broad SMARTS) is 1. The Kier molecular flexibility index (Phi) is 4.26. The second kappa shape index (κ2) is 5.66. The van der Waals surface area contributed by atoms with E-state index in [4.69, 9.17) is 15.2 Å². The molecule has 0 spiro atoms. The van der Waals surface area contributed by atoms with Gasteiger partial charge >= 0.3 is 11.9 Å². The molecule has 21 heavy (non-hydrogen) atoms. The van der Waals surface area contributed by atoms with Crippen LogP contribution < -0.4 is 5.73 Å². The summed E-state index contributed by atoms with van der Waals surface area (Å²) in [6, 6.07) is 0. The fourth-order valence-corrected chi connectivity index (χ4v) is 3.63. The highest BCUT2D eigenvalue weighted by Crippen LogP contribution is 2.45. The Bertz CT molecular complexity index is 534. The number of fused-ring (bicyclic) bond motifs is 1. The van der Waals surface area contributed by atoms with Gasteiger partial charge in [0.05, 0.1) is 0 Å². The Morgan fingerprint density at radius 2 is 2.24 bits per heavy atom. The molecule has 3 N–H and O–H groups in total. The number of thioether (sulfide) groups is 1. The van der Waals surface area contributed by atoms with Gasteiger partial charge in [0.25, 0.3) is 5.91 Å². The van der Waals surface area contributed by atoms with Crippen molar-refractivity contribution in [2.24, 2.45) is 5.73 Å². The van der Waals surface area contributed by atoms with Crippen LogP contribution in [-0.4, -0.2) is 57.9 Å². The zero-order valence-corrected chi connectivity index (χ0v) is 12.4. The summed E-state index contributed by atoms with van der Waals surface area (Å²) < 4.78 is 10.1. The maximum atomic E-state index is 12.2. The van der Waals surface area contributed by atoms with Gasteiger partial charge in [-0.3, -0.25) is 20.2 Å². The average Bonchev–Trinajstić information content (AvgIpc) is 2.43. The number of β-lactam (4-membered cyclic amide) rings is 1. The SMILES string of the molecule is CCOC1(N)C(=O)N2C(C(=O)O)=C(COC(C)=O)CS[C@@H]21. The molecule has 2 heterocycles. The summed E-state index contributed by atoms with van der Waals surface area (Å²) >= 11 is 1.29. The smallest absolute Gasteiger partial charge is 0.352 e. The fourth-order valence-electron chi connectivity index (χ4n) is 2.29. The Balaban J connectivity index is 2.28. The first-order valence-corrected chi connectivity index (χ1v) is 7.34. The summed E-state index contributed by atoms with van der Waals surface area (Å²) in [7, 11) is 0. The molecule has 116 valence electrons. The topological polar surface area (TPSA) is 119 Å². The third-order valence-electron chi connectivity index (χ3n) is 3.18. The molecule has 1 fully saturated rings. The van der Waals surface area contributed by atoms with Crippen molar-refractivity contribution in [2.75, 3.05) is 19.0 Å². The average molecular weight is 316 g/mol. The van der Waals surface area contributed by atoms with Crippen molar-refractivity contribution in [3.05, 3.63) is 11.3 Å². The number of aliphatic carboxylic acids is 1. The highest BCUT2D eigenvalue weighted by atomic mass is 32.2. The lowest BCUT2D eigenvalue weighted by Crippen LogP contribution is -2.79. The van der Waals surface area contributed by atoms with Gasteiger partial charge < -0.3 is 14.6 Å². The molecule has 0 aromatic rings. The summed E-state index contributed by atoms with van der Waals surface area (Å²) in [5.74, 6) is -2.07. The van der Waals surface area contributed by atoms with Gasteiger partial charge in [-0.25, -0.2) is 4.79 Å². The van der Waals surface area contributed by atoms with Crippen LogP contribution in [0.5, 0.6) is 0 Å². The van der Waals surface area contributed by atoms with Crippen molar-refractivity contribution < 1.29 is 29.0 Å². The first kappa shape index (κ1) is 15.8. The van der Waals surface area contributed by atoms with Crippen LogP contribution in [0.2, 0.25) is 0 Å². The summed E-state index contributed by atoms with van der Waals surface area (Å²) in [6.45, 7) is 3.03. The minimum Gasteiger partial charge on any atom is -0.477 e. The van der Waals surface area contributed by atoms with Crippen LogP contribution in [-0.2, 0) is 23.9 Å². The number of hydrogen-bond donors (Lipinski definition) is 2. The van der Waals surface area contributed by atoms with Gasteiger partial charge in [-0.2, -0.15) is 0 Å². The number of esters is 1. The van der Waals surface area contributed by atoms with Crippen LogP contribution in [0.1, 0.15) is 13.8 Å². The van der Waals surface area contributed by atoms with Crippen molar-refractivity contribution in [1.29, 1.82) is 0 Å². The van der Waals surface area contributed by atoms with E-state index >= 15 is 0 Å². The summed E-state index contributed by atoms with van der Waals surface area (Å²) in [6.07, 6.45) is 0. The van der Waals surface area contributed by atoms with Crippen LogP contribution in [0.15, 0.2) is 11.3 Å². The molecule has 0 aromatic heterocycles. The van der Waals surface area contributed by atoms with Gasteiger partial charge in [0.1, 0.15) is 17.7 Å². The minimum absolute atomic E-state index is 0.160. The number of nitrogens with zero attached hydrogens (tertiary/aromatic N) is 1. The summed E-state index contributed by atoms with van der Waals surface area (Å²) in [4.78, 5) is 35.6. The van der Waals surface area contributed by atoms with Crippen molar-refractivity contribution in [2.45, 2.75) is 24.9 Å². The number of nitrogens with two attached hydrogens (primary N) is 1. The molecule has 2 atom stereocenters. The molecule has 0 aliphatic carbocycles. The zero-order valence-electron chi connectivity index (χ0n) is 11.6. The number of amides is 1. The van der Waals surface area contributed by atoms with Gasteiger partial charge in [-0.1, -0.05) is 0 Å². The first-order valence-electron chi connectivity index (χ1n) is 6.29. The highest BCUT2D eigenvalue weighted by molar-refractivity contribution is 8.00. The quantitative estimate of drug-likeness (QED) is 0.395. The van der Waals surface area contributed by atoms with Gasteiger partial charge in [-0.05, 0) is 6.92 Å². The van der Waals surface area contributed by atoms with Crippen LogP contribution in [0.4, 0.5) is 0 Å². The van der Waals surface area contributed by atoms with E-state index in [0.717, 1.165) is 4.90 Å². The lowest BCUT2D eigenvalue weighted by atomic mass is 9.99. The summed E-state index contributed by atoms with van der Waals surface area (Å²) in [5, 5.41) is 8.74. The van der Waals surface area contributed by atoms with Crippen molar-refractivity contribution in [3.63, 3.8) is 0 Å². The molecule has 0 radical (unpaired) electrons. The highest BCUT2D eigenvalue weighted by Gasteiger charge is 2.63. The van der Waals surface area contributed by atoms with Crippen molar-refractivity contribution in [1.82, 2.24) is 4.90 Å². The maximum absolute atomic E-state index is 12.2. The molecule has 2 rings (SSSR count). The van der Waals surface area contributed by atoms with Crippen molar-refractivity contribution in [3.8, 4) is 0 Å². The Labute approximate surface area is 125 Å². The zero-order chi connectivity index (χ0) is 15.8. The third kappa shape index (κ3) is 2.52. The maximum Gasteiger partial charge on any atom is 0.352 e. The predicted octanol–water partition coefficient (Wildman–Crippen LogP) is -0.505. The molecule has 9 heteroatoms. The third-order valence-corrected chi connectivity index (χ3v) is 4.57. The minimum atomic E-state index is -1.49. The largest absolute Gasteiger partial charge is 0.477 e. The number of carbonyl (C=O) groups excluding carboxylic acids is 2. The van der Waals surface area contributed by atoms with Gasteiger partial charge in [0.15, 0.2) is 0 Å². The van der Waals surface area contributed by atoms with E-state index in [-0.39, 0.29) is 18.9 Å². The van der Waals surface area contributed by atoms with E-state index in [1.807, 2.05) is 0 Å². The predicted molar refractivity (Wildman–Crippen MR) is 72.9 cm³/mol. The fraction of sp³-hybridized carbons (Fsp3) is 0.583. The molecule has 1 amide bonds. The number of carboxylic acids is 1. The van der Waals surface area contributed by atoms with E-state index in [1.165, 1.54) is 18.7 Å². The van der Waals surface area contributed by atoms with Gasteiger partial charge in [0, 0.05) is 24.9 Å². The number of rotatable bonds is 5. The summed E-state index contributed by atoms with van der Waals surface area (Å²) in [5.41, 5.74) is 4.60. The first-order chi connectivity index (χ1) is 9.82. The number of ether oxygens (including phenoxy) is 2. The van der Waals surface area contributed by atoms with Crippen LogP contribution in [0.25, 0.3) is 0 Å². The molecule has 2 aliphatic heterocycles. The molecule has 0 bridgehead atoms. The number of hydrogen-bond acceptors (Lipinski definition) is 7.